The summed E-state index contributed by atoms with van der Waals surface area (Å²) in [5.74, 6) is 0.906. The molecule has 0 radical (unpaired) electrons. The Kier molecular flexibility index (Phi) is 7.42. The summed E-state index contributed by atoms with van der Waals surface area (Å²) in [6.07, 6.45) is 0. The number of anilines is 3. The third-order valence-corrected chi connectivity index (χ3v) is 10.8. The Morgan fingerprint density at radius 3 is 1.41 bits per heavy atom. The lowest BCUT2D eigenvalue weighted by molar-refractivity contribution is 1.10. The minimum absolute atomic E-state index is 0.906. The molecule has 0 saturated heterocycles. The maximum absolute atomic E-state index is 5.56. The zero-order valence-electron chi connectivity index (χ0n) is 30.4. The summed E-state index contributed by atoms with van der Waals surface area (Å²) in [6, 6.07) is 75.3. The molecule has 3 aromatic heterocycles. The zero-order valence-corrected chi connectivity index (χ0v) is 30.4. The molecule has 0 amide bonds. The molecule has 0 saturated carbocycles. The number of fused-ring (bicyclic) bond motifs is 7. The molecule has 3 heterocycles. The lowest BCUT2D eigenvalue weighted by Crippen LogP contribution is -2.09. The van der Waals surface area contributed by atoms with Crippen LogP contribution < -0.4 is 4.90 Å². The molecular weight excluding hydrogens is 683 g/mol. The van der Waals surface area contributed by atoms with Crippen LogP contribution in [0.25, 0.3) is 72.3 Å². The van der Waals surface area contributed by atoms with Crippen molar-refractivity contribution in [3.05, 3.63) is 212 Å². The fourth-order valence-electron chi connectivity index (χ4n) is 8.45. The van der Waals surface area contributed by atoms with Crippen LogP contribution in [0.3, 0.4) is 0 Å². The predicted octanol–water partition coefficient (Wildman–Crippen LogP) is 13.2. The molecule has 11 aromatic rings. The van der Waals surface area contributed by atoms with Crippen LogP contribution in [0, 0.1) is 0 Å². The summed E-state index contributed by atoms with van der Waals surface area (Å²) >= 11 is 0. The van der Waals surface area contributed by atoms with Gasteiger partial charge in [-0.25, -0.2) is 4.98 Å². The van der Waals surface area contributed by atoms with Crippen LogP contribution in [0.15, 0.2) is 212 Å². The highest BCUT2D eigenvalue weighted by Crippen LogP contribution is 2.45. The van der Waals surface area contributed by atoms with E-state index in [1.165, 1.54) is 5.39 Å². The van der Waals surface area contributed by atoms with Crippen molar-refractivity contribution in [3.8, 4) is 28.5 Å². The van der Waals surface area contributed by atoms with Gasteiger partial charge in [-0.05, 0) is 91.0 Å². The first-order chi connectivity index (χ1) is 27.8. The fourth-order valence-corrected chi connectivity index (χ4v) is 8.45. The minimum Gasteiger partial charge on any atom is -0.310 e. The number of benzene rings is 8. The third kappa shape index (κ3) is 4.99. The molecule has 56 heavy (non-hydrogen) atoms. The van der Waals surface area contributed by atoms with E-state index in [0.29, 0.717) is 0 Å². The number of hydrogen-bond donors (Lipinski definition) is 0. The molecule has 0 atom stereocenters. The van der Waals surface area contributed by atoms with Gasteiger partial charge in [0.2, 0.25) is 0 Å². The number of aromatic nitrogens is 4. The number of rotatable bonds is 7. The molecule has 0 N–H and O–H groups in total. The highest BCUT2D eigenvalue weighted by atomic mass is 15.2. The second-order valence-corrected chi connectivity index (χ2v) is 14.1. The number of nitrogens with zero attached hydrogens (tertiary/aromatic N) is 5. The van der Waals surface area contributed by atoms with Crippen molar-refractivity contribution in [2.24, 2.45) is 0 Å². The summed E-state index contributed by atoms with van der Waals surface area (Å²) in [4.78, 5) is 7.90. The molecule has 0 bridgehead atoms. The van der Waals surface area contributed by atoms with Crippen LogP contribution in [-0.4, -0.2) is 18.7 Å². The molecule has 8 aromatic carbocycles. The normalized spacial score (nSPS) is 11.6. The third-order valence-electron chi connectivity index (χ3n) is 10.8. The van der Waals surface area contributed by atoms with E-state index in [9.17, 15) is 0 Å². The highest BCUT2D eigenvalue weighted by Gasteiger charge is 2.27. The summed E-state index contributed by atoms with van der Waals surface area (Å²) in [7, 11) is 0. The average Bonchev–Trinajstić information content (AvgIpc) is 3.93. The topological polar surface area (TPSA) is 30.9 Å². The van der Waals surface area contributed by atoms with Crippen LogP contribution >= 0.6 is 0 Å². The summed E-state index contributed by atoms with van der Waals surface area (Å²) in [5, 5.41) is 3.47. The Hall–Kier alpha value is -7.63. The van der Waals surface area contributed by atoms with Gasteiger partial charge in [-0.1, -0.05) is 121 Å². The maximum atomic E-state index is 5.56. The largest absolute Gasteiger partial charge is 0.310 e. The molecule has 0 aliphatic heterocycles. The smallest absolute Gasteiger partial charge is 0.165 e. The van der Waals surface area contributed by atoms with Gasteiger partial charge in [0.15, 0.2) is 5.65 Å². The summed E-state index contributed by atoms with van der Waals surface area (Å²) < 4.78 is 7.13. The van der Waals surface area contributed by atoms with E-state index < -0.39 is 0 Å². The van der Waals surface area contributed by atoms with Gasteiger partial charge in [0.25, 0.3) is 0 Å². The highest BCUT2D eigenvalue weighted by molar-refractivity contribution is 6.26. The minimum atomic E-state index is 0.906. The Bertz CT molecular complexity index is 3110. The van der Waals surface area contributed by atoms with Gasteiger partial charge in [-0.2, -0.15) is 0 Å². The van der Waals surface area contributed by atoms with Crippen molar-refractivity contribution in [3.63, 3.8) is 0 Å². The molecule has 5 nitrogen and oxygen atoms in total. The number of imidazole rings is 1. The van der Waals surface area contributed by atoms with E-state index in [0.717, 1.165) is 84.0 Å². The van der Waals surface area contributed by atoms with Crippen LogP contribution in [0.4, 0.5) is 17.1 Å². The fraction of sp³-hybridized carbons (Fsp3) is 0. The van der Waals surface area contributed by atoms with Crippen molar-refractivity contribution in [1.82, 2.24) is 18.7 Å². The SMILES string of the molecule is c1ccc(-c2nc3c(c4ccc5c(c6cc(N(c7ccccc7)c7ccccc7)ccc6n5-c5ccccc5)c4n3-c3ccccc3)n2-c2ccccc2)cc1. The van der Waals surface area contributed by atoms with Crippen molar-refractivity contribution >= 4 is 60.9 Å². The molecule has 0 unspecified atom stereocenters. The van der Waals surface area contributed by atoms with E-state index >= 15 is 0 Å². The van der Waals surface area contributed by atoms with Crippen molar-refractivity contribution in [2.75, 3.05) is 4.90 Å². The molecule has 0 spiro atoms. The number of hydrogen-bond acceptors (Lipinski definition) is 2. The van der Waals surface area contributed by atoms with Gasteiger partial charge >= 0.3 is 0 Å². The monoisotopic (exact) mass is 717 g/mol. The van der Waals surface area contributed by atoms with Gasteiger partial charge in [0.05, 0.1) is 16.6 Å². The van der Waals surface area contributed by atoms with Gasteiger partial charge < -0.3 is 9.47 Å². The van der Waals surface area contributed by atoms with Crippen LogP contribution in [0.1, 0.15) is 0 Å². The first kappa shape index (κ1) is 31.9. The lowest BCUT2D eigenvalue weighted by atomic mass is 10.1. The predicted molar refractivity (Wildman–Crippen MR) is 232 cm³/mol. The zero-order chi connectivity index (χ0) is 37.0. The second-order valence-electron chi connectivity index (χ2n) is 14.1. The van der Waals surface area contributed by atoms with Crippen molar-refractivity contribution < 1.29 is 0 Å². The Balaban J connectivity index is 1.32. The van der Waals surface area contributed by atoms with Crippen molar-refractivity contribution in [1.29, 1.82) is 0 Å². The van der Waals surface area contributed by atoms with E-state index in [1.807, 2.05) is 0 Å². The van der Waals surface area contributed by atoms with Crippen LogP contribution in [-0.2, 0) is 0 Å². The first-order valence-electron chi connectivity index (χ1n) is 19.0. The molecule has 0 aliphatic rings. The standard InChI is InChI=1S/C51H35N5/c1-7-19-36(20-8-1)50-52-51-49(56(50)41-29-17-6-18-30-41)43-32-34-46-47(48(43)55(51)40-27-15-5-16-28-40)44-35-42(31-33-45(44)54(46)39-25-13-4-14-26-39)53(37-21-9-2-10-22-37)38-23-11-3-12-24-38/h1-35H. The summed E-state index contributed by atoms with van der Waals surface area (Å²) in [6.45, 7) is 0. The van der Waals surface area contributed by atoms with Crippen LogP contribution in [0.2, 0.25) is 0 Å². The van der Waals surface area contributed by atoms with E-state index in [2.05, 4.69) is 231 Å². The van der Waals surface area contributed by atoms with Gasteiger partial charge in [-0.15, -0.1) is 0 Å². The molecule has 11 rings (SSSR count). The average molecular weight is 718 g/mol. The van der Waals surface area contributed by atoms with E-state index in [-0.39, 0.29) is 0 Å². The van der Waals surface area contributed by atoms with E-state index in [4.69, 9.17) is 4.98 Å². The maximum Gasteiger partial charge on any atom is 0.165 e. The molecule has 0 aliphatic carbocycles. The Morgan fingerprint density at radius 1 is 0.357 bits per heavy atom. The second kappa shape index (κ2) is 13.0. The lowest BCUT2D eigenvalue weighted by Gasteiger charge is -2.25. The first-order valence-corrected chi connectivity index (χ1v) is 19.0. The van der Waals surface area contributed by atoms with Gasteiger partial charge in [-0.3, -0.25) is 9.13 Å². The van der Waals surface area contributed by atoms with Gasteiger partial charge in [0.1, 0.15) is 11.3 Å². The summed E-state index contributed by atoms with van der Waals surface area (Å²) in [5.41, 5.74) is 13.0. The van der Waals surface area contributed by atoms with E-state index in [1.54, 1.807) is 0 Å². The quantitative estimate of drug-likeness (QED) is 0.164. The van der Waals surface area contributed by atoms with Gasteiger partial charge in [0, 0.05) is 55.8 Å². The van der Waals surface area contributed by atoms with Crippen LogP contribution in [0.5, 0.6) is 0 Å². The molecule has 0 fully saturated rings. The molecule has 5 heteroatoms. The molecular formula is C51H35N5. The Morgan fingerprint density at radius 2 is 0.839 bits per heavy atom. The van der Waals surface area contributed by atoms with Crippen molar-refractivity contribution in [2.45, 2.75) is 0 Å². The molecule has 264 valence electrons. The Labute approximate surface area is 324 Å². The number of para-hydroxylation sites is 5.